The maximum absolute atomic E-state index is 11.9. The lowest BCUT2D eigenvalue weighted by Crippen LogP contribution is -2.46. The molecule has 0 spiro atoms. The number of carbonyl (C=O) groups excluding carboxylic acids is 1. The van der Waals surface area contributed by atoms with Gasteiger partial charge in [-0.2, -0.15) is 0 Å². The second kappa shape index (κ2) is 6.68. The molecule has 1 aromatic carbocycles. The van der Waals surface area contributed by atoms with Gasteiger partial charge in [-0.25, -0.2) is 0 Å². The van der Waals surface area contributed by atoms with E-state index in [2.05, 4.69) is 5.32 Å². The summed E-state index contributed by atoms with van der Waals surface area (Å²) in [6, 6.07) is 7.29. The van der Waals surface area contributed by atoms with Gasteiger partial charge in [0.15, 0.2) is 0 Å². The van der Waals surface area contributed by atoms with Crippen LogP contribution in [0.15, 0.2) is 24.3 Å². The number of rotatable bonds is 6. The van der Waals surface area contributed by atoms with Gasteiger partial charge < -0.3 is 15.2 Å². The molecule has 106 valence electrons. The van der Waals surface area contributed by atoms with Crippen molar-refractivity contribution in [2.24, 2.45) is 0 Å². The molecule has 0 aliphatic rings. The topological polar surface area (TPSA) is 58.6 Å². The zero-order valence-electron chi connectivity index (χ0n) is 12.1. The molecule has 1 amide bonds. The normalized spacial score (nSPS) is 11.7. The van der Waals surface area contributed by atoms with Crippen molar-refractivity contribution in [3.05, 3.63) is 35.4 Å². The van der Waals surface area contributed by atoms with Crippen LogP contribution in [0.2, 0.25) is 0 Å². The van der Waals surface area contributed by atoms with Crippen LogP contribution in [0.4, 0.5) is 0 Å². The van der Waals surface area contributed by atoms with Crippen LogP contribution in [0, 0.1) is 0 Å². The van der Waals surface area contributed by atoms with Gasteiger partial charge in [0.1, 0.15) is 0 Å². The van der Waals surface area contributed by atoms with Gasteiger partial charge in [0.05, 0.1) is 24.9 Å². The quantitative estimate of drug-likeness (QED) is 0.828. The monoisotopic (exact) mass is 265 g/mol. The van der Waals surface area contributed by atoms with Crippen LogP contribution in [-0.4, -0.2) is 29.3 Å². The van der Waals surface area contributed by atoms with Gasteiger partial charge in [0.25, 0.3) is 5.91 Å². The van der Waals surface area contributed by atoms with Crippen molar-refractivity contribution in [3.8, 4) is 0 Å². The second-order valence-electron chi connectivity index (χ2n) is 5.55. The number of carbonyl (C=O) groups is 1. The first kappa shape index (κ1) is 15.7. The Kier molecular flexibility index (Phi) is 5.51. The van der Waals surface area contributed by atoms with Gasteiger partial charge in [-0.1, -0.05) is 12.1 Å². The highest BCUT2D eigenvalue weighted by Gasteiger charge is 2.19. The first-order valence-electron chi connectivity index (χ1n) is 6.48. The Bertz CT molecular complexity index is 410. The maximum Gasteiger partial charge on any atom is 0.251 e. The molecule has 0 heterocycles. The zero-order valence-corrected chi connectivity index (χ0v) is 12.1. The number of ether oxygens (including phenoxy) is 1. The molecule has 19 heavy (non-hydrogen) atoms. The summed E-state index contributed by atoms with van der Waals surface area (Å²) in [5.41, 5.74) is 0.998. The van der Waals surface area contributed by atoms with E-state index in [1.165, 1.54) is 0 Å². The number of amides is 1. The average Bonchev–Trinajstić information content (AvgIpc) is 2.36. The Labute approximate surface area is 114 Å². The van der Waals surface area contributed by atoms with Gasteiger partial charge in [-0.05, 0) is 45.4 Å². The Balaban J connectivity index is 2.63. The molecule has 2 N–H and O–H groups in total. The molecule has 4 nitrogen and oxygen atoms in total. The van der Waals surface area contributed by atoms with Crippen LogP contribution in [0.25, 0.3) is 0 Å². The summed E-state index contributed by atoms with van der Waals surface area (Å²) in [7, 11) is 0. The predicted octanol–water partition coefficient (Wildman–Crippen LogP) is 2.11. The molecule has 0 fully saturated rings. The third kappa shape index (κ3) is 5.41. The molecule has 0 saturated heterocycles. The molecule has 0 atom stereocenters. The smallest absolute Gasteiger partial charge is 0.251 e. The summed E-state index contributed by atoms with van der Waals surface area (Å²) in [5.74, 6) is -0.185. The molecule has 1 rings (SSSR count). The third-order valence-corrected chi connectivity index (χ3v) is 2.65. The molecule has 0 saturated carbocycles. The van der Waals surface area contributed by atoms with Crippen LogP contribution in [0.5, 0.6) is 0 Å². The van der Waals surface area contributed by atoms with E-state index in [-0.39, 0.29) is 18.6 Å². The number of benzene rings is 1. The lowest BCUT2D eigenvalue weighted by atomic mass is 10.1. The first-order chi connectivity index (χ1) is 8.84. The minimum Gasteiger partial charge on any atom is -0.394 e. The SMILES string of the molecule is CC(C)OCc1ccc(C(=O)NC(C)(C)CO)cc1. The highest BCUT2D eigenvalue weighted by molar-refractivity contribution is 5.94. The lowest BCUT2D eigenvalue weighted by Gasteiger charge is -2.23. The number of aliphatic hydroxyl groups is 1. The fraction of sp³-hybridized carbons (Fsp3) is 0.533. The van der Waals surface area contributed by atoms with Gasteiger partial charge in [0, 0.05) is 5.56 Å². The second-order valence-corrected chi connectivity index (χ2v) is 5.55. The molecule has 0 radical (unpaired) electrons. The van der Waals surface area contributed by atoms with E-state index in [1.54, 1.807) is 26.0 Å². The van der Waals surface area contributed by atoms with Crippen molar-refractivity contribution in [3.63, 3.8) is 0 Å². The summed E-state index contributed by atoms with van der Waals surface area (Å²) in [6.07, 6.45) is 0.188. The lowest BCUT2D eigenvalue weighted by molar-refractivity contribution is 0.0656. The molecular formula is C15H23NO3. The van der Waals surface area contributed by atoms with Gasteiger partial charge >= 0.3 is 0 Å². The van der Waals surface area contributed by atoms with E-state index in [0.29, 0.717) is 12.2 Å². The minimum absolute atomic E-state index is 0.0982. The van der Waals surface area contributed by atoms with Crippen molar-refractivity contribution < 1.29 is 14.6 Å². The summed E-state index contributed by atoms with van der Waals surface area (Å²) in [4.78, 5) is 11.9. The highest BCUT2D eigenvalue weighted by atomic mass is 16.5. The summed E-state index contributed by atoms with van der Waals surface area (Å²) >= 11 is 0. The Hall–Kier alpha value is -1.39. The van der Waals surface area contributed by atoms with E-state index < -0.39 is 5.54 Å². The van der Waals surface area contributed by atoms with E-state index in [4.69, 9.17) is 9.84 Å². The Morgan fingerprint density at radius 2 is 1.89 bits per heavy atom. The van der Waals surface area contributed by atoms with Gasteiger partial charge in [-0.15, -0.1) is 0 Å². The first-order valence-corrected chi connectivity index (χ1v) is 6.48. The molecule has 4 heteroatoms. The third-order valence-electron chi connectivity index (χ3n) is 2.65. The molecule has 0 unspecified atom stereocenters. The molecule has 0 aliphatic heterocycles. The van der Waals surface area contributed by atoms with Gasteiger partial charge in [0.2, 0.25) is 0 Å². The van der Waals surface area contributed by atoms with Crippen LogP contribution in [-0.2, 0) is 11.3 Å². The van der Waals surface area contributed by atoms with E-state index in [9.17, 15) is 4.79 Å². The molecule has 0 aliphatic carbocycles. The van der Waals surface area contributed by atoms with Crippen LogP contribution in [0.3, 0.4) is 0 Å². The molecule has 0 bridgehead atoms. The van der Waals surface area contributed by atoms with Crippen LogP contribution in [0.1, 0.15) is 43.6 Å². The molecule has 0 aromatic heterocycles. The van der Waals surface area contributed by atoms with Crippen molar-refractivity contribution in [2.75, 3.05) is 6.61 Å². The van der Waals surface area contributed by atoms with E-state index >= 15 is 0 Å². The number of aliphatic hydroxyl groups excluding tert-OH is 1. The van der Waals surface area contributed by atoms with E-state index in [1.807, 2.05) is 26.0 Å². The Morgan fingerprint density at radius 1 is 1.32 bits per heavy atom. The Morgan fingerprint density at radius 3 is 2.37 bits per heavy atom. The summed E-state index contributed by atoms with van der Waals surface area (Å²) in [6.45, 7) is 7.96. The number of nitrogens with one attached hydrogen (secondary N) is 1. The van der Waals surface area contributed by atoms with Crippen LogP contribution < -0.4 is 5.32 Å². The number of hydrogen-bond acceptors (Lipinski definition) is 3. The van der Waals surface area contributed by atoms with Crippen molar-refractivity contribution in [1.82, 2.24) is 5.32 Å². The predicted molar refractivity (Wildman–Crippen MR) is 75.0 cm³/mol. The molecule has 1 aromatic rings. The standard InChI is InChI=1S/C15H23NO3/c1-11(2)19-9-12-5-7-13(8-6-12)14(18)16-15(3,4)10-17/h5-8,11,17H,9-10H2,1-4H3,(H,16,18). The van der Waals surface area contributed by atoms with Crippen molar-refractivity contribution >= 4 is 5.91 Å². The van der Waals surface area contributed by atoms with E-state index in [0.717, 1.165) is 5.56 Å². The summed E-state index contributed by atoms with van der Waals surface area (Å²) < 4.78 is 5.49. The highest BCUT2D eigenvalue weighted by Crippen LogP contribution is 2.09. The van der Waals surface area contributed by atoms with Crippen molar-refractivity contribution in [1.29, 1.82) is 0 Å². The largest absolute Gasteiger partial charge is 0.394 e. The summed E-state index contributed by atoms with van der Waals surface area (Å²) in [5, 5.41) is 11.9. The van der Waals surface area contributed by atoms with Gasteiger partial charge in [-0.3, -0.25) is 4.79 Å². The minimum atomic E-state index is -0.615. The zero-order chi connectivity index (χ0) is 14.5. The molecular weight excluding hydrogens is 242 g/mol. The average molecular weight is 265 g/mol. The fourth-order valence-electron chi connectivity index (χ4n) is 1.43. The van der Waals surface area contributed by atoms with Crippen LogP contribution >= 0.6 is 0 Å². The fourth-order valence-corrected chi connectivity index (χ4v) is 1.43. The number of hydrogen-bond donors (Lipinski definition) is 2. The van der Waals surface area contributed by atoms with Crippen molar-refractivity contribution in [2.45, 2.75) is 45.9 Å². The maximum atomic E-state index is 11.9.